The van der Waals surface area contributed by atoms with Crippen LogP contribution in [0.1, 0.15) is 56.1 Å². The minimum Gasteiger partial charge on any atom is -0.240 e. The molecule has 1 aromatic heterocycles. The Bertz CT molecular complexity index is 522. The van der Waals surface area contributed by atoms with Gasteiger partial charge in [0.1, 0.15) is 5.82 Å². The fraction of sp³-hybridized carbons (Fsp3) is 0.333. The van der Waals surface area contributed by atoms with E-state index in [1.165, 1.54) is 11.1 Å². The molecule has 0 N–H and O–H groups in total. The van der Waals surface area contributed by atoms with Gasteiger partial charge in [-0.25, -0.2) is 9.97 Å². The quantitative estimate of drug-likeness (QED) is 0.773. The van der Waals surface area contributed by atoms with Crippen LogP contribution >= 0.6 is 0 Å². The molecule has 1 aromatic carbocycles. The number of nitrogens with zero attached hydrogens (tertiary/aromatic N) is 2. The van der Waals surface area contributed by atoms with Gasteiger partial charge in [-0.1, -0.05) is 69.7 Å². The number of hydrogen-bond acceptors (Lipinski definition) is 2. The van der Waals surface area contributed by atoms with E-state index in [9.17, 15) is 0 Å². The van der Waals surface area contributed by atoms with Gasteiger partial charge in [-0.3, -0.25) is 0 Å². The van der Waals surface area contributed by atoms with Crippen molar-refractivity contribution in [2.75, 3.05) is 0 Å². The summed E-state index contributed by atoms with van der Waals surface area (Å²) in [6, 6.07) is 8.43. The average molecular weight is 268 g/mol. The zero-order chi connectivity index (χ0) is 15.0. The highest BCUT2D eigenvalue weighted by Crippen LogP contribution is 2.11. The summed E-state index contributed by atoms with van der Waals surface area (Å²) < 4.78 is 0. The van der Waals surface area contributed by atoms with Crippen molar-refractivity contribution in [1.29, 1.82) is 0 Å². The zero-order valence-electron chi connectivity index (χ0n) is 13.1. The second-order valence-corrected chi connectivity index (χ2v) is 4.77. The summed E-state index contributed by atoms with van der Waals surface area (Å²) in [7, 11) is 0. The molecule has 0 saturated carbocycles. The molecule has 2 aromatic rings. The molecule has 1 heterocycles. The lowest BCUT2D eigenvalue weighted by molar-refractivity contribution is 0.773. The molecule has 0 aliphatic rings. The van der Waals surface area contributed by atoms with Crippen LogP contribution in [0.15, 0.2) is 36.7 Å². The van der Waals surface area contributed by atoms with Crippen LogP contribution in [0.4, 0.5) is 0 Å². The molecule has 0 radical (unpaired) electrons. The summed E-state index contributed by atoms with van der Waals surface area (Å²) in [5, 5.41) is 0. The van der Waals surface area contributed by atoms with Gasteiger partial charge in [0.15, 0.2) is 0 Å². The molecule has 0 unspecified atom stereocenters. The Balaban J connectivity index is 0.000000956. The van der Waals surface area contributed by atoms with Crippen molar-refractivity contribution in [3.05, 3.63) is 59.2 Å². The summed E-state index contributed by atoms with van der Waals surface area (Å²) in [6.07, 6.45) is 7.85. The summed E-state index contributed by atoms with van der Waals surface area (Å²) in [6.45, 7) is 10.3. The Hall–Kier alpha value is -1.96. The summed E-state index contributed by atoms with van der Waals surface area (Å²) in [4.78, 5) is 8.68. The van der Waals surface area contributed by atoms with E-state index in [1.54, 1.807) is 0 Å². The molecule has 0 saturated heterocycles. The third kappa shape index (κ3) is 4.96. The highest BCUT2D eigenvalue weighted by molar-refractivity contribution is 5.68. The molecule has 2 heteroatoms. The van der Waals surface area contributed by atoms with Crippen molar-refractivity contribution in [3.63, 3.8) is 0 Å². The Labute approximate surface area is 122 Å². The van der Waals surface area contributed by atoms with Crippen LogP contribution in [0.2, 0.25) is 0 Å². The first-order valence-corrected chi connectivity index (χ1v) is 7.22. The SMILES string of the molecule is CC.Cc1ccc(/C=C/c2cnc(C(C)C)nc2)cc1. The van der Waals surface area contributed by atoms with Gasteiger partial charge >= 0.3 is 0 Å². The molecule has 106 valence electrons. The minimum atomic E-state index is 0.375. The van der Waals surface area contributed by atoms with E-state index >= 15 is 0 Å². The van der Waals surface area contributed by atoms with Crippen LogP contribution in [0.25, 0.3) is 12.2 Å². The molecule has 2 nitrogen and oxygen atoms in total. The predicted molar refractivity (Wildman–Crippen MR) is 87.6 cm³/mol. The Morgan fingerprint density at radius 3 is 1.85 bits per heavy atom. The highest BCUT2D eigenvalue weighted by Gasteiger charge is 2.00. The monoisotopic (exact) mass is 268 g/mol. The first-order valence-electron chi connectivity index (χ1n) is 7.22. The maximum Gasteiger partial charge on any atom is 0.130 e. The largest absolute Gasteiger partial charge is 0.240 e. The smallest absolute Gasteiger partial charge is 0.130 e. The van der Waals surface area contributed by atoms with Gasteiger partial charge in [0, 0.05) is 23.9 Å². The van der Waals surface area contributed by atoms with Crippen molar-refractivity contribution in [3.8, 4) is 0 Å². The number of aryl methyl sites for hydroxylation is 1. The standard InChI is InChI=1S/C16H18N2.C2H6/c1-12(2)16-17-10-15(11-18-16)9-8-14-6-4-13(3)5-7-14;1-2/h4-12H,1-3H3;1-2H3/b9-8+;. The van der Waals surface area contributed by atoms with Crippen LogP contribution in [-0.2, 0) is 0 Å². The normalized spacial score (nSPS) is 10.5. The topological polar surface area (TPSA) is 25.8 Å². The lowest BCUT2D eigenvalue weighted by Gasteiger charge is -2.02. The van der Waals surface area contributed by atoms with Crippen LogP contribution in [0.5, 0.6) is 0 Å². The summed E-state index contributed by atoms with van der Waals surface area (Å²) >= 11 is 0. The Kier molecular flexibility index (Phi) is 6.65. The molecule has 0 amide bonds. The molecule has 20 heavy (non-hydrogen) atoms. The minimum absolute atomic E-state index is 0.375. The van der Waals surface area contributed by atoms with Gasteiger partial charge < -0.3 is 0 Å². The summed E-state index contributed by atoms with van der Waals surface area (Å²) in [5.74, 6) is 1.27. The van der Waals surface area contributed by atoms with Crippen LogP contribution in [0.3, 0.4) is 0 Å². The zero-order valence-corrected chi connectivity index (χ0v) is 13.1. The van der Waals surface area contributed by atoms with Gasteiger partial charge in [0.25, 0.3) is 0 Å². The number of rotatable bonds is 3. The van der Waals surface area contributed by atoms with Gasteiger partial charge in [0.2, 0.25) is 0 Å². The van der Waals surface area contributed by atoms with Crippen molar-refractivity contribution in [2.24, 2.45) is 0 Å². The van der Waals surface area contributed by atoms with Crippen LogP contribution in [-0.4, -0.2) is 9.97 Å². The Morgan fingerprint density at radius 1 is 0.850 bits per heavy atom. The molecule has 0 bridgehead atoms. The first-order chi connectivity index (χ1) is 9.65. The fourth-order valence-corrected chi connectivity index (χ4v) is 1.60. The Morgan fingerprint density at radius 2 is 1.35 bits per heavy atom. The highest BCUT2D eigenvalue weighted by atomic mass is 14.9. The molecule has 0 spiro atoms. The van der Waals surface area contributed by atoms with Gasteiger partial charge in [-0.05, 0) is 12.5 Å². The molecule has 0 aliphatic heterocycles. The average Bonchev–Trinajstić information content (AvgIpc) is 2.49. The third-order valence-electron chi connectivity index (χ3n) is 2.75. The number of hydrogen-bond donors (Lipinski definition) is 0. The van der Waals surface area contributed by atoms with E-state index in [4.69, 9.17) is 0 Å². The van der Waals surface area contributed by atoms with E-state index in [0.717, 1.165) is 11.4 Å². The maximum absolute atomic E-state index is 4.34. The molecule has 2 rings (SSSR count). The fourth-order valence-electron chi connectivity index (χ4n) is 1.60. The second kappa shape index (κ2) is 8.26. The molecular formula is C18H24N2. The van der Waals surface area contributed by atoms with E-state index in [0.29, 0.717) is 5.92 Å². The lowest BCUT2D eigenvalue weighted by Crippen LogP contribution is -1.96. The number of benzene rings is 1. The van der Waals surface area contributed by atoms with Gasteiger partial charge in [-0.2, -0.15) is 0 Å². The van der Waals surface area contributed by atoms with E-state index in [2.05, 4.69) is 61.1 Å². The van der Waals surface area contributed by atoms with Crippen molar-refractivity contribution < 1.29 is 0 Å². The van der Waals surface area contributed by atoms with Gasteiger partial charge in [-0.15, -0.1) is 0 Å². The van der Waals surface area contributed by atoms with E-state index < -0.39 is 0 Å². The van der Waals surface area contributed by atoms with E-state index in [1.807, 2.05) is 32.3 Å². The molecule has 0 atom stereocenters. The molecular weight excluding hydrogens is 244 g/mol. The van der Waals surface area contributed by atoms with Crippen molar-refractivity contribution in [2.45, 2.75) is 40.5 Å². The second-order valence-electron chi connectivity index (χ2n) is 4.77. The predicted octanol–water partition coefficient (Wildman–Crippen LogP) is 5.11. The van der Waals surface area contributed by atoms with Crippen molar-refractivity contribution in [1.82, 2.24) is 9.97 Å². The lowest BCUT2D eigenvalue weighted by atomic mass is 10.1. The van der Waals surface area contributed by atoms with Crippen LogP contribution < -0.4 is 0 Å². The van der Waals surface area contributed by atoms with Crippen molar-refractivity contribution >= 4 is 12.2 Å². The molecule has 0 aliphatic carbocycles. The van der Waals surface area contributed by atoms with Crippen LogP contribution in [0, 0.1) is 6.92 Å². The van der Waals surface area contributed by atoms with E-state index in [-0.39, 0.29) is 0 Å². The number of aromatic nitrogens is 2. The first kappa shape index (κ1) is 16.1. The third-order valence-corrected chi connectivity index (χ3v) is 2.75. The maximum atomic E-state index is 4.34. The molecule has 0 fully saturated rings. The van der Waals surface area contributed by atoms with Gasteiger partial charge in [0.05, 0.1) is 0 Å². The summed E-state index contributed by atoms with van der Waals surface area (Å²) in [5.41, 5.74) is 3.49.